The standard InChI is InChI=1S/C20H19N5O3/c1-11-3-6-14(27-11)10-25-17(7-8-21-25)23-19(26)15-9-16(13-4-5-13)22-20-18(15)12(2)24-28-20/h3,6-9,13H,4-5,10H2,1-2H3,(H,23,26). The van der Waals surface area contributed by atoms with Gasteiger partial charge in [0.05, 0.1) is 22.8 Å². The Morgan fingerprint density at radius 3 is 2.89 bits per heavy atom. The molecule has 0 atom stereocenters. The summed E-state index contributed by atoms with van der Waals surface area (Å²) in [5.41, 5.74) is 2.46. The summed E-state index contributed by atoms with van der Waals surface area (Å²) in [5.74, 6) is 2.36. The fourth-order valence-electron chi connectivity index (χ4n) is 3.35. The third kappa shape index (κ3) is 2.96. The maximum atomic E-state index is 13.1. The lowest BCUT2D eigenvalue weighted by atomic mass is 10.1. The number of aryl methyl sites for hydroxylation is 2. The Morgan fingerprint density at radius 2 is 2.14 bits per heavy atom. The van der Waals surface area contributed by atoms with Crippen molar-refractivity contribution in [2.75, 3.05) is 5.32 Å². The number of nitrogens with zero attached hydrogens (tertiary/aromatic N) is 4. The first-order valence-corrected chi connectivity index (χ1v) is 9.24. The van der Waals surface area contributed by atoms with E-state index in [0.717, 1.165) is 30.1 Å². The monoisotopic (exact) mass is 377 g/mol. The number of carbonyl (C=O) groups excluding carboxylic acids is 1. The molecule has 1 N–H and O–H groups in total. The number of anilines is 1. The van der Waals surface area contributed by atoms with Gasteiger partial charge in [-0.25, -0.2) is 9.67 Å². The number of furan rings is 1. The highest BCUT2D eigenvalue weighted by Crippen LogP contribution is 2.40. The predicted octanol–water partition coefficient (Wildman–Crippen LogP) is 3.81. The predicted molar refractivity (Wildman–Crippen MR) is 101 cm³/mol. The average Bonchev–Trinajstić information content (AvgIpc) is 3.16. The van der Waals surface area contributed by atoms with Crippen molar-refractivity contribution >= 4 is 22.8 Å². The van der Waals surface area contributed by atoms with Crippen molar-refractivity contribution in [2.24, 2.45) is 0 Å². The van der Waals surface area contributed by atoms with Crippen molar-refractivity contribution in [3.8, 4) is 0 Å². The molecular formula is C20H19N5O3. The molecule has 4 aromatic rings. The van der Waals surface area contributed by atoms with E-state index in [4.69, 9.17) is 8.94 Å². The summed E-state index contributed by atoms with van der Waals surface area (Å²) >= 11 is 0. The minimum Gasteiger partial charge on any atom is -0.464 e. The number of carbonyl (C=O) groups is 1. The van der Waals surface area contributed by atoms with Crippen molar-refractivity contribution in [1.82, 2.24) is 19.9 Å². The minimum atomic E-state index is -0.238. The molecule has 1 amide bonds. The largest absolute Gasteiger partial charge is 0.464 e. The Balaban J connectivity index is 1.46. The van der Waals surface area contributed by atoms with Crippen LogP contribution in [0.5, 0.6) is 0 Å². The van der Waals surface area contributed by atoms with Crippen LogP contribution >= 0.6 is 0 Å². The second-order valence-corrected chi connectivity index (χ2v) is 7.16. The highest BCUT2D eigenvalue weighted by molar-refractivity contribution is 6.12. The summed E-state index contributed by atoms with van der Waals surface area (Å²) in [4.78, 5) is 17.6. The second kappa shape index (κ2) is 6.33. The molecule has 0 radical (unpaired) electrons. The molecule has 4 heterocycles. The Morgan fingerprint density at radius 1 is 1.29 bits per heavy atom. The van der Waals surface area contributed by atoms with E-state index in [1.807, 2.05) is 32.0 Å². The van der Waals surface area contributed by atoms with Gasteiger partial charge in [-0.15, -0.1) is 0 Å². The lowest BCUT2D eigenvalue weighted by Crippen LogP contribution is -2.17. The van der Waals surface area contributed by atoms with E-state index in [-0.39, 0.29) is 5.91 Å². The molecule has 4 aromatic heterocycles. The summed E-state index contributed by atoms with van der Waals surface area (Å²) in [6, 6.07) is 7.42. The van der Waals surface area contributed by atoms with Gasteiger partial charge in [-0.1, -0.05) is 5.16 Å². The van der Waals surface area contributed by atoms with Crippen LogP contribution in [0.2, 0.25) is 0 Å². The topological polar surface area (TPSA) is 99.0 Å². The molecule has 0 unspecified atom stereocenters. The molecule has 1 fully saturated rings. The maximum Gasteiger partial charge on any atom is 0.259 e. The number of fused-ring (bicyclic) bond motifs is 1. The Hall–Kier alpha value is -3.42. The summed E-state index contributed by atoms with van der Waals surface area (Å²) in [6.45, 7) is 4.13. The van der Waals surface area contributed by atoms with Gasteiger partial charge < -0.3 is 14.3 Å². The number of amides is 1. The fourth-order valence-corrected chi connectivity index (χ4v) is 3.35. The number of pyridine rings is 1. The molecule has 5 rings (SSSR count). The number of hydrogen-bond donors (Lipinski definition) is 1. The highest BCUT2D eigenvalue weighted by atomic mass is 16.5. The van der Waals surface area contributed by atoms with Crippen molar-refractivity contribution in [3.63, 3.8) is 0 Å². The summed E-state index contributed by atoms with van der Waals surface area (Å²) in [6.07, 6.45) is 3.82. The zero-order valence-corrected chi connectivity index (χ0v) is 15.6. The van der Waals surface area contributed by atoms with Crippen LogP contribution in [0, 0.1) is 13.8 Å². The number of nitrogens with one attached hydrogen (secondary N) is 1. The highest BCUT2D eigenvalue weighted by Gasteiger charge is 2.28. The van der Waals surface area contributed by atoms with Crippen molar-refractivity contribution in [2.45, 2.75) is 39.2 Å². The quantitative estimate of drug-likeness (QED) is 0.568. The number of rotatable bonds is 5. The molecule has 0 aromatic carbocycles. The Kier molecular flexibility index (Phi) is 3.78. The van der Waals surface area contributed by atoms with E-state index in [9.17, 15) is 4.79 Å². The molecule has 142 valence electrons. The number of aromatic nitrogens is 4. The SMILES string of the molecule is Cc1ccc(Cn2nccc2NC(=O)c2cc(C3CC3)nc3onc(C)c23)o1. The number of hydrogen-bond acceptors (Lipinski definition) is 6. The molecule has 0 spiro atoms. The van der Waals surface area contributed by atoms with Gasteiger partial charge in [0.1, 0.15) is 23.9 Å². The van der Waals surface area contributed by atoms with Gasteiger partial charge in [-0.2, -0.15) is 5.10 Å². The van der Waals surface area contributed by atoms with Gasteiger partial charge in [0.25, 0.3) is 11.6 Å². The van der Waals surface area contributed by atoms with E-state index in [2.05, 4.69) is 20.6 Å². The van der Waals surface area contributed by atoms with Crippen LogP contribution in [0.15, 0.2) is 39.4 Å². The first-order valence-electron chi connectivity index (χ1n) is 9.24. The van der Waals surface area contributed by atoms with Crippen molar-refractivity contribution in [1.29, 1.82) is 0 Å². The van der Waals surface area contributed by atoms with Gasteiger partial charge in [-0.3, -0.25) is 4.79 Å². The lowest BCUT2D eigenvalue weighted by molar-refractivity contribution is 0.102. The molecule has 28 heavy (non-hydrogen) atoms. The summed E-state index contributed by atoms with van der Waals surface area (Å²) < 4.78 is 12.6. The van der Waals surface area contributed by atoms with Gasteiger partial charge >= 0.3 is 0 Å². The van der Waals surface area contributed by atoms with Crippen LogP contribution in [0.3, 0.4) is 0 Å². The lowest BCUT2D eigenvalue weighted by Gasteiger charge is -2.09. The van der Waals surface area contributed by atoms with Crippen LogP contribution in [0.4, 0.5) is 5.82 Å². The van der Waals surface area contributed by atoms with Gasteiger partial charge in [0.15, 0.2) is 0 Å². The minimum absolute atomic E-state index is 0.238. The average molecular weight is 377 g/mol. The van der Waals surface area contributed by atoms with E-state index < -0.39 is 0 Å². The first-order chi connectivity index (χ1) is 13.6. The molecule has 0 bridgehead atoms. The van der Waals surface area contributed by atoms with Gasteiger partial charge in [0.2, 0.25) is 0 Å². The van der Waals surface area contributed by atoms with Crippen LogP contribution in [-0.2, 0) is 6.54 Å². The Bertz CT molecular complexity index is 1180. The second-order valence-electron chi connectivity index (χ2n) is 7.16. The zero-order valence-electron chi connectivity index (χ0n) is 15.6. The third-order valence-corrected chi connectivity index (χ3v) is 4.94. The van der Waals surface area contributed by atoms with Crippen molar-refractivity contribution < 1.29 is 13.7 Å². The summed E-state index contributed by atoms with van der Waals surface area (Å²) in [5, 5.41) is 11.9. The Labute approximate surface area is 160 Å². The third-order valence-electron chi connectivity index (χ3n) is 4.94. The molecule has 8 nitrogen and oxygen atoms in total. The summed E-state index contributed by atoms with van der Waals surface area (Å²) in [7, 11) is 0. The first kappa shape index (κ1) is 16.7. The molecular weight excluding hydrogens is 358 g/mol. The van der Waals surface area contributed by atoms with Crippen LogP contribution in [-0.4, -0.2) is 25.8 Å². The van der Waals surface area contributed by atoms with Crippen LogP contribution in [0.1, 0.15) is 52.0 Å². The molecule has 1 aliphatic rings. The van der Waals surface area contributed by atoms with E-state index in [1.165, 1.54) is 0 Å². The maximum absolute atomic E-state index is 13.1. The van der Waals surface area contributed by atoms with Crippen molar-refractivity contribution in [3.05, 3.63) is 58.9 Å². The van der Waals surface area contributed by atoms with Crippen LogP contribution < -0.4 is 5.32 Å². The molecule has 1 saturated carbocycles. The van der Waals surface area contributed by atoms with E-state index in [0.29, 0.717) is 40.6 Å². The van der Waals surface area contributed by atoms with Crippen LogP contribution in [0.25, 0.3) is 11.1 Å². The fraction of sp³-hybridized carbons (Fsp3) is 0.300. The zero-order chi connectivity index (χ0) is 19.3. The normalized spacial score (nSPS) is 13.9. The molecule has 8 heteroatoms. The molecule has 1 aliphatic carbocycles. The van der Waals surface area contributed by atoms with E-state index in [1.54, 1.807) is 16.9 Å². The smallest absolute Gasteiger partial charge is 0.259 e. The molecule has 0 saturated heterocycles. The van der Waals surface area contributed by atoms with Gasteiger partial charge in [-0.05, 0) is 44.9 Å². The van der Waals surface area contributed by atoms with E-state index >= 15 is 0 Å². The van der Waals surface area contributed by atoms with Gasteiger partial charge in [0, 0.05) is 17.7 Å². The molecule has 0 aliphatic heterocycles.